The molecule has 6 amide bonds. The fraction of sp³-hybridized carbons (Fsp3) is 0.169. The van der Waals surface area contributed by atoms with Gasteiger partial charge in [0.15, 0.2) is 29.0 Å². The van der Waals surface area contributed by atoms with Gasteiger partial charge in [-0.3, -0.25) is 28.8 Å². The second kappa shape index (κ2) is 23.0. The van der Waals surface area contributed by atoms with Gasteiger partial charge in [-0.1, -0.05) is 53.0 Å². The van der Waals surface area contributed by atoms with Crippen molar-refractivity contribution in [3.8, 4) is 80.1 Å². The number of phenolic OH excluding ortho intramolecular Hbond substituents is 5. The molecule has 446 valence electrons. The molecular weight excluding hydrogens is 1200 g/mol. The quantitative estimate of drug-likeness (QED) is 0.0952. The lowest BCUT2D eigenvalue weighted by Gasteiger charge is -2.31. The molecular formula is C59H46Cl3N7O18. The molecule has 25 nitrogen and oxygen atoms in total. The van der Waals surface area contributed by atoms with Crippen molar-refractivity contribution < 1.29 is 88.3 Å². The summed E-state index contributed by atoms with van der Waals surface area (Å²) in [4.78, 5) is 104. The number of aliphatic carboxylic acids is 1. The lowest BCUT2D eigenvalue weighted by molar-refractivity contribution is -0.143. The maximum atomic E-state index is 15.8. The minimum absolute atomic E-state index is 0.0647. The van der Waals surface area contributed by atoms with E-state index in [2.05, 4.69) is 31.9 Å². The van der Waals surface area contributed by atoms with Gasteiger partial charge in [-0.05, 0) is 112 Å². The minimum atomic E-state index is -2.21. The van der Waals surface area contributed by atoms with Crippen LogP contribution in [-0.4, -0.2) is 96.4 Å². The Balaban J connectivity index is 1.16. The van der Waals surface area contributed by atoms with Crippen molar-refractivity contribution in [2.24, 2.45) is 5.73 Å². The van der Waals surface area contributed by atoms with Gasteiger partial charge >= 0.3 is 5.97 Å². The van der Waals surface area contributed by atoms with Gasteiger partial charge in [0.1, 0.15) is 82.6 Å². The number of nitrogens with two attached hydrogens (primary N) is 1. The molecule has 0 aromatic heterocycles. The van der Waals surface area contributed by atoms with E-state index in [1.54, 1.807) is 0 Å². The Bertz CT molecular complexity index is 4110. The van der Waals surface area contributed by atoms with Crippen molar-refractivity contribution >= 4 is 76.2 Å². The molecule has 15 N–H and O–H groups in total. The van der Waals surface area contributed by atoms with E-state index in [1.165, 1.54) is 73.8 Å². The third-order valence-electron chi connectivity index (χ3n) is 14.7. The van der Waals surface area contributed by atoms with Crippen molar-refractivity contribution in [2.45, 2.75) is 54.8 Å². The summed E-state index contributed by atoms with van der Waals surface area (Å²) in [6.07, 6.45) is -2.46. The number of carboxylic acids is 1. The van der Waals surface area contributed by atoms with Gasteiger partial charge in [0.05, 0.1) is 22.2 Å². The van der Waals surface area contributed by atoms with Gasteiger partial charge < -0.3 is 92.3 Å². The smallest absolute Gasteiger partial charge is 0.330 e. The molecule has 6 heterocycles. The van der Waals surface area contributed by atoms with Crippen LogP contribution in [0.4, 0.5) is 0 Å². The Morgan fingerprint density at radius 3 is 1.76 bits per heavy atom. The molecule has 3 unspecified atom stereocenters. The number of carboxylic acid groups (broad SMARTS) is 1. The largest absolute Gasteiger partial charge is 0.508 e. The Labute approximate surface area is 505 Å². The van der Waals surface area contributed by atoms with Crippen molar-refractivity contribution in [3.63, 3.8) is 0 Å². The number of fused-ring (bicyclic) bond motifs is 14. The molecule has 13 rings (SSSR count). The first-order valence-corrected chi connectivity index (χ1v) is 27.1. The van der Waals surface area contributed by atoms with E-state index in [4.69, 9.17) is 59.5 Å². The lowest BCUT2D eigenvalue weighted by Crippen LogP contribution is -2.55. The highest BCUT2D eigenvalue weighted by Crippen LogP contribution is 2.49. The van der Waals surface area contributed by atoms with Crippen molar-refractivity contribution in [2.75, 3.05) is 7.11 Å². The fourth-order valence-electron chi connectivity index (χ4n) is 10.5. The summed E-state index contributed by atoms with van der Waals surface area (Å²) in [5.74, 6) is -14.0. The highest BCUT2D eigenvalue weighted by atomic mass is 35.5. The number of carbonyl (C=O) groups excluding carboxylic acids is 6. The zero-order valence-electron chi connectivity index (χ0n) is 44.6. The highest BCUT2D eigenvalue weighted by molar-refractivity contribution is 6.33. The van der Waals surface area contributed by atoms with Crippen molar-refractivity contribution in [1.82, 2.24) is 31.9 Å². The first kappa shape index (κ1) is 58.6. The number of carbonyl (C=O) groups is 7. The van der Waals surface area contributed by atoms with E-state index < -0.39 is 140 Å². The molecule has 87 heavy (non-hydrogen) atoms. The average molecular weight is 1250 g/mol. The first-order valence-electron chi connectivity index (χ1n) is 26.0. The zero-order chi connectivity index (χ0) is 62.0. The molecule has 0 saturated carbocycles. The molecule has 17 bridgehead atoms. The van der Waals surface area contributed by atoms with Gasteiger partial charge in [0.25, 0.3) is 0 Å². The number of ether oxygens (including phenoxy) is 4. The number of hydrogen-bond acceptors (Lipinski definition) is 18. The average Bonchev–Trinajstić information content (AvgIpc) is 1.32. The van der Waals surface area contributed by atoms with Gasteiger partial charge in [-0.2, -0.15) is 0 Å². The number of hydrogen-bond donors (Lipinski definition) is 14. The Morgan fingerprint density at radius 2 is 1.11 bits per heavy atom. The predicted octanol–water partition coefficient (Wildman–Crippen LogP) is 5.94. The van der Waals surface area contributed by atoms with Crippen molar-refractivity contribution in [1.29, 1.82) is 0 Å². The third kappa shape index (κ3) is 11.3. The predicted molar refractivity (Wildman–Crippen MR) is 305 cm³/mol. The van der Waals surface area contributed by atoms with Crippen LogP contribution in [-0.2, 0) is 40.0 Å². The summed E-state index contributed by atoms with van der Waals surface area (Å²) < 4.78 is 24.7. The SMILES string of the molecule is COc1c2cc3cc1Oc1ccc(cc1Cl)C(O)C1NC(=O)C(NC(=O)[C@H]3NC(=O)[C@@H]3NC(=O)[C@H](Cc4ccc(c(Cl)c4)O2)NC(=O)[C@@H](N)c2ccc(O)c(c2)Oc2cc(O)cc3c2)c2cc(Cl)c(O)c(c2)-c2c(O)cc(O)cc2[C@H](C(=O)O)NC1=O. The van der Waals surface area contributed by atoms with Crippen LogP contribution >= 0.6 is 34.8 Å². The van der Waals surface area contributed by atoms with Gasteiger partial charge in [-0.25, -0.2) is 4.79 Å². The number of nitrogens with one attached hydrogen (secondary N) is 6. The lowest BCUT2D eigenvalue weighted by atomic mass is 9.89. The highest BCUT2D eigenvalue weighted by Gasteiger charge is 2.42. The molecule has 6 aliphatic rings. The number of rotatable bonds is 2. The molecule has 0 spiro atoms. The van der Waals surface area contributed by atoms with Crippen LogP contribution in [0.15, 0.2) is 109 Å². The van der Waals surface area contributed by atoms with Crippen LogP contribution in [0.3, 0.4) is 0 Å². The number of benzene rings is 7. The van der Waals surface area contributed by atoms with Gasteiger partial charge in [0, 0.05) is 35.2 Å². The number of halogens is 3. The molecule has 6 aliphatic heterocycles. The van der Waals surface area contributed by atoms with Gasteiger partial charge in [0.2, 0.25) is 41.2 Å². The second-order valence-corrected chi connectivity index (χ2v) is 21.6. The fourth-order valence-corrected chi connectivity index (χ4v) is 11.2. The van der Waals surface area contributed by atoms with E-state index in [0.29, 0.717) is 5.56 Å². The maximum absolute atomic E-state index is 15.8. The first-order chi connectivity index (χ1) is 41.4. The van der Waals surface area contributed by atoms with E-state index in [9.17, 15) is 54.9 Å². The number of amides is 6. The number of aliphatic hydroxyl groups excluding tert-OH is 1. The van der Waals surface area contributed by atoms with Crippen LogP contribution in [0, 0.1) is 0 Å². The minimum Gasteiger partial charge on any atom is -0.508 e. The van der Waals surface area contributed by atoms with E-state index in [1.807, 2.05) is 0 Å². The van der Waals surface area contributed by atoms with Crippen molar-refractivity contribution in [3.05, 3.63) is 163 Å². The Kier molecular flexibility index (Phi) is 15.5. The Morgan fingerprint density at radius 1 is 0.540 bits per heavy atom. The Hall–Kier alpha value is -10.2. The second-order valence-electron chi connectivity index (χ2n) is 20.4. The summed E-state index contributed by atoms with van der Waals surface area (Å²) in [7, 11) is 1.23. The number of aromatic hydroxyl groups is 5. The van der Waals surface area contributed by atoms with Crippen LogP contribution in [0.25, 0.3) is 11.1 Å². The zero-order valence-corrected chi connectivity index (χ0v) is 46.8. The standard InChI is InChI=1S/C59H46Cl3N7O18/c1-84-52-41-16-26-17-42(52)87-39-7-4-23(13-33(39)61)50(74)49-58(81)68-48(59(82)83)30-19-28(71)20-37(73)43(30)31-12-25(14-34(62)51(31)75)46(57(80)69-49)66-56(79)47(26)67-55(78)45-24-10-27(70)18-29(11-24)85-40-15-22(3-5-36(40)72)44(63)54(77)64-35(53(76)65-45)9-21-2-6-38(86-41)32(60)8-21/h2-8,10-20,35,44-50,70-75H,9,63H2,1H3,(H,64,77)(H,65,76)(H,66,79)(H,67,78)(H,68,81)(H,69,80)(H,82,83)/t35-,44-,45+,46?,47-,48+,49?,50?/m0/s1. The summed E-state index contributed by atoms with van der Waals surface area (Å²) in [6.45, 7) is 0. The van der Waals surface area contributed by atoms with Crippen LogP contribution in [0.1, 0.15) is 75.3 Å². The summed E-state index contributed by atoms with van der Waals surface area (Å²) in [5.41, 5.74) is 4.25. The normalized spacial score (nSPS) is 21.8. The van der Waals surface area contributed by atoms with Crippen LogP contribution in [0.2, 0.25) is 15.1 Å². The molecule has 0 saturated heterocycles. The molecule has 0 fully saturated rings. The number of phenols is 5. The summed E-state index contributed by atoms with van der Waals surface area (Å²) in [5, 5.41) is 92.9. The number of aliphatic hydroxyl groups is 1. The molecule has 8 atom stereocenters. The topological polar surface area (TPSA) is 396 Å². The monoisotopic (exact) mass is 1250 g/mol. The van der Waals surface area contributed by atoms with E-state index >= 15 is 14.4 Å². The van der Waals surface area contributed by atoms with Gasteiger partial charge in [-0.15, -0.1) is 0 Å². The molecule has 0 radical (unpaired) electrons. The van der Waals surface area contributed by atoms with E-state index in [0.717, 1.165) is 42.5 Å². The molecule has 7 aromatic rings. The maximum Gasteiger partial charge on any atom is 0.330 e. The summed E-state index contributed by atoms with van der Waals surface area (Å²) >= 11 is 20.5. The van der Waals surface area contributed by atoms with Crippen LogP contribution < -0.4 is 56.6 Å². The summed E-state index contributed by atoms with van der Waals surface area (Å²) in [6, 6.07) is 7.43. The molecule has 7 aromatic carbocycles. The third-order valence-corrected chi connectivity index (χ3v) is 15.6. The molecule has 28 heteroatoms. The molecule has 0 aliphatic carbocycles. The van der Waals surface area contributed by atoms with E-state index in [-0.39, 0.29) is 84.5 Å². The van der Waals surface area contributed by atoms with Crippen LogP contribution in [0.5, 0.6) is 69.0 Å². The number of methoxy groups -OCH3 is 1.